The van der Waals surface area contributed by atoms with Crippen molar-refractivity contribution in [2.24, 2.45) is 10.9 Å². The van der Waals surface area contributed by atoms with Gasteiger partial charge in [-0.2, -0.15) is 4.98 Å². The van der Waals surface area contributed by atoms with Crippen LogP contribution in [-0.4, -0.2) is 32.2 Å². The molecule has 1 atom stereocenters. The number of halogens is 1. The Bertz CT molecular complexity index is 1080. The van der Waals surface area contributed by atoms with E-state index in [4.69, 9.17) is 0 Å². The number of aliphatic imine (C=N–C) groups is 1. The fourth-order valence-corrected chi connectivity index (χ4v) is 4.89. The Kier molecular flexibility index (Phi) is 7.27. The summed E-state index contributed by atoms with van der Waals surface area (Å²) >= 11 is 0. The predicted octanol–water partition coefficient (Wildman–Crippen LogP) is 3.30. The number of aromatic nitrogens is 3. The molecule has 2 aliphatic carbocycles. The normalized spacial score (nSPS) is 22.3. The number of fused-ring (bicyclic) bond motifs is 1. The number of hydrogen-bond acceptors (Lipinski definition) is 5. The number of aryl methyl sites for hydroxylation is 1. The molecule has 1 aromatic heterocycles. The summed E-state index contributed by atoms with van der Waals surface area (Å²) in [5.74, 6) is 0.718. The van der Waals surface area contributed by atoms with E-state index in [2.05, 4.69) is 9.98 Å². The van der Waals surface area contributed by atoms with Gasteiger partial charge in [-0.3, -0.25) is 14.4 Å². The monoisotopic (exact) mass is 442 g/mol. The lowest BCUT2D eigenvalue weighted by Crippen LogP contribution is -2.46. The van der Waals surface area contributed by atoms with Crippen molar-refractivity contribution in [1.29, 1.82) is 0 Å². The lowest BCUT2D eigenvalue weighted by atomic mass is 9.83. The van der Waals surface area contributed by atoms with Crippen molar-refractivity contribution in [2.45, 2.75) is 83.7 Å². The van der Waals surface area contributed by atoms with Gasteiger partial charge in [0.25, 0.3) is 0 Å². The van der Waals surface area contributed by atoms with Crippen LogP contribution in [0.4, 0.5) is 4.39 Å². The van der Waals surface area contributed by atoms with Gasteiger partial charge < -0.3 is 0 Å². The Balaban J connectivity index is 1.33. The minimum absolute atomic E-state index is 0.0191. The van der Waals surface area contributed by atoms with Crippen LogP contribution in [-0.2, 0) is 24.3 Å². The number of rotatable bonds is 7. The SMILES string of the molecule is O=C(CN=C1CCCC(CCC2=C(F)CCC=C2)C1)Cn1c(=O)nc2n(c1=O)CCCC2. The fourth-order valence-electron chi connectivity index (χ4n) is 4.89. The lowest BCUT2D eigenvalue weighted by Gasteiger charge is -2.24. The summed E-state index contributed by atoms with van der Waals surface area (Å²) in [6.45, 7) is 0.221. The van der Waals surface area contributed by atoms with Crippen LogP contribution in [0, 0.1) is 5.92 Å². The summed E-state index contributed by atoms with van der Waals surface area (Å²) in [7, 11) is 0. The fraction of sp³-hybridized carbons (Fsp3) is 0.625. The number of carbonyl (C=O) groups is 1. The second kappa shape index (κ2) is 10.3. The molecule has 2 heterocycles. The van der Waals surface area contributed by atoms with Crippen LogP contribution in [0.3, 0.4) is 0 Å². The van der Waals surface area contributed by atoms with Crippen LogP contribution < -0.4 is 11.4 Å². The molecule has 4 rings (SSSR count). The zero-order valence-electron chi connectivity index (χ0n) is 18.5. The Morgan fingerprint density at radius 1 is 1.19 bits per heavy atom. The summed E-state index contributed by atoms with van der Waals surface area (Å²) in [6.07, 6.45) is 13.1. The molecule has 1 aliphatic heterocycles. The quantitative estimate of drug-likeness (QED) is 0.648. The first-order valence-corrected chi connectivity index (χ1v) is 11.8. The molecule has 32 heavy (non-hydrogen) atoms. The van der Waals surface area contributed by atoms with E-state index < -0.39 is 11.4 Å². The summed E-state index contributed by atoms with van der Waals surface area (Å²) in [6, 6.07) is 0. The van der Waals surface area contributed by atoms with Gasteiger partial charge in [-0.05, 0) is 69.3 Å². The van der Waals surface area contributed by atoms with E-state index >= 15 is 0 Å². The van der Waals surface area contributed by atoms with Crippen LogP contribution in [0.1, 0.15) is 70.0 Å². The van der Waals surface area contributed by atoms with Gasteiger partial charge in [0, 0.05) is 25.1 Å². The highest BCUT2D eigenvalue weighted by atomic mass is 19.1. The van der Waals surface area contributed by atoms with Gasteiger partial charge in [0.05, 0.1) is 13.1 Å². The molecule has 0 spiro atoms. The predicted molar refractivity (Wildman–Crippen MR) is 121 cm³/mol. The maximum Gasteiger partial charge on any atom is 0.353 e. The van der Waals surface area contributed by atoms with Crippen molar-refractivity contribution < 1.29 is 9.18 Å². The van der Waals surface area contributed by atoms with Crippen molar-refractivity contribution in [2.75, 3.05) is 6.54 Å². The molecule has 1 fully saturated rings. The third-order valence-corrected chi connectivity index (χ3v) is 6.70. The molecule has 1 saturated carbocycles. The second-order valence-electron chi connectivity index (χ2n) is 9.08. The molecule has 0 saturated heterocycles. The van der Waals surface area contributed by atoms with Crippen molar-refractivity contribution in [3.8, 4) is 0 Å². The molecule has 172 valence electrons. The highest BCUT2D eigenvalue weighted by Crippen LogP contribution is 2.30. The third kappa shape index (κ3) is 5.40. The first kappa shape index (κ1) is 22.6. The third-order valence-electron chi connectivity index (χ3n) is 6.70. The van der Waals surface area contributed by atoms with Crippen molar-refractivity contribution in [1.82, 2.24) is 14.1 Å². The highest BCUT2D eigenvalue weighted by molar-refractivity contribution is 5.89. The molecule has 7 nitrogen and oxygen atoms in total. The van der Waals surface area contributed by atoms with Gasteiger partial charge in [0.2, 0.25) is 0 Å². The molecular formula is C24H31FN4O3. The van der Waals surface area contributed by atoms with E-state index in [1.54, 1.807) is 0 Å². The largest absolute Gasteiger partial charge is 0.353 e. The highest BCUT2D eigenvalue weighted by Gasteiger charge is 2.21. The Hall–Kier alpha value is -2.64. The molecule has 0 N–H and O–H groups in total. The number of Topliss-reactive ketones (excluding diaryl/α,β-unsaturated/α-hetero) is 1. The zero-order valence-corrected chi connectivity index (χ0v) is 18.5. The smallest absolute Gasteiger partial charge is 0.296 e. The minimum atomic E-state index is -0.653. The maximum absolute atomic E-state index is 13.9. The number of hydrogen-bond donors (Lipinski definition) is 0. The molecule has 0 bridgehead atoms. The van der Waals surface area contributed by atoms with Crippen molar-refractivity contribution in [3.63, 3.8) is 0 Å². The first-order valence-electron chi connectivity index (χ1n) is 11.8. The number of carbonyl (C=O) groups excluding carboxylic acids is 1. The van der Waals surface area contributed by atoms with Gasteiger partial charge in [0.1, 0.15) is 11.7 Å². The first-order chi connectivity index (χ1) is 15.5. The average Bonchev–Trinajstić information content (AvgIpc) is 2.80. The summed E-state index contributed by atoms with van der Waals surface area (Å²) in [4.78, 5) is 45.8. The zero-order chi connectivity index (χ0) is 22.5. The van der Waals surface area contributed by atoms with Crippen molar-refractivity contribution in [3.05, 3.63) is 50.3 Å². The molecule has 1 unspecified atom stereocenters. The summed E-state index contributed by atoms with van der Waals surface area (Å²) in [5.41, 5.74) is 0.735. The molecule has 1 aromatic rings. The van der Waals surface area contributed by atoms with E-state index in [0.29, 0.717) is 31.1 Å². The topological polar surface area (TPSA) is 86.3 Å². The Labute approximate surface area is 186 Å². The summed E-state index contributed by atoms with van der Waals surface area (Å²) < 4.78 is 16.4. The molecule has 8 heteroatoms. The van der Waals surface area contributed by atoms with Gasteiger partial charge in [-0.25, -0.2) is 18.5 Å². The van der Waals surface area contributed by atoms with E-state index in [-0.39, 0.29) is 24.7 Å². The van der Waals surface area contributed by atoms with E-state index in [1.165, 1.54) is 4.57 Å². The maximum atomic E-state index is 13.9. The Morgan fingerprint density at radius 3 is 2.91 bits per heavy atom. The van der Waals surface area contributed by atoms with Gasteiger partial charge in [-0.15, -0.1) is 0 Å². The van der Waals surface area contributed by atoms with Crippen LogP contribution in [0.15, 0.2) is 38.1 Å². The van der Waals surface area contributed by atoms with E-state index in [0.717, 1.165) is 73.6 Å². The van der Waals surface area contributed by atoms with E-state index in [1.807, 2.05) is 12.2 Å². The van der Waals surface area contributed by atoms with Gasteiger partial charge >= 0.3 is 11.4 Å². The standard InChI is InChI=1S/C24H31FN4O3/c25-21-9-2-1-7-18(21)12-11-17-6-5-8-19(14-17)26-15-20(30)16-29-23(31)27-22-10-3-4-13-28(22)24(29)32/h1,7,17H,2-6,8-16H2. The number of nitrogens with zero attached hydrogens (tertiary/aromatic N) is 4. The van der Waals surface area contributed by atoms with Crippen LogP contribution >= 0.6 is 0 Å². The van der Waals surface area contributed by atoms with E-state index in [9.17, 15) is 18.8 Å². The Morgan fingerprint density at radius 2 is 2.06 bits per heavy atom. The van der Waals surface area contributed by atoms with Gasteiger partial charge in [-0.1, -0.05) is 12.2 Å². The molecular weight excluding hydrogens is 411 g/mol. The van der Waals surface area contributed by atoms with Gasteiger partial charge in [0.15, 0.2) is 5.78 Å². The molecule has 3 aliphatic rings. The second-order valence-corrected chi connectivity index (χ2v) is 9.08. The van der Waals surface area contributed by atoms with Crippen LogP contribution in [0.2, 0.25) is 0 Å². The number of allylic oxidation sites excluding steroid dienone is 4. The van der Waals surface area contributed by atoms with Crippen molar-refractivity contribution >= 4 is 11.5 Å². The van der Waals surface area contributed by atoms with Crippen LogP contribution in [0.5, 0.6) is 0 Å². The molecule has 0 amide bonds. The molecule has 0 radical (unpaired) electrons. The molecule has 0 aromatic carbocycles. The summed E-state index contributed by atoms with van der Waals surface area (Å²) in [5, 5.41) is 0. The van der Waals surface area contributed by atoms with Crippen LogP contribution in [0.25, 0.3) is 0 Å². The minimum Gasteiger partial charge on any atom is -0.296 e. The average molecular weight is 443 g/mol. The lowest BCUT2D eigenvalue weighted by molar-refractivity contribution is -0.118. The number of ketones is 1.